The Kier molecular flexibility index (Phi) is 4.75. The summed E-state index contributed by atoms with van der Waals surface area (Å²) < 4.78 is 38.4. The van der Waals surface area contributed by atoms with Crippen molar-refractivity contribution in [3.63, 3.8) is 0 Å². The van der Waals surface area contributed by atoms with Crippen molar-refractivity contribution >= 4 is 11.3 Å². The van der Waals surface area contributed by atoms with Crippen LogP contribution in [0, 0.1) is 6.92 Å². The summed E-state index contributed by atoms with van der Waals surface area (Å²) in [7, 11) is 0. The lowest BCUT2D eigenvalue weighted by molar-refractivity contribution is -0.137. The molecule has 0 amide bonds. The standard InChI is InChI=1S/C17H19F3N2S/c1-12-2-7-15(23-12)16(22-10-8-21-9-11-22)13-3-5-14(6-4-13)17(18,19)20/h2-7,16,21H,8-11H2,1H3. The molecular formula is C17H19F3N2S. The van der Waals surface area contributed by atoms with E-state index in [0.29, 0.717) is 0 Å². The summed E-state index contributed by atoms with van der Waals surface area (Å²) in [5.41, 5.74) is 0.324. The molecule has 1 atom stereocenters. The van der Waals surface area contributed by atoms with Crippen molar-refractivity contribution in [3.8, 4) is 0 Å². The Bertz CT molecular complexity index is 643. The number of piperazine rings is 1. The smallest absolute Gasteiger partial charge is 0.314 e. The Morgan fingerprint density at radius 2 is 1.70 bits per heavy atom. The van der Waals surface area contributed by atoms with Crippen molar-refractivity contribution in [2.45, 2.75) is 19.1 Å². The third kappa shape index (κ3) is 3.76. The van der Waals surface area contributed by atoms with Gasteiger partial charge in [-0.3, -0.25) is 4.90 Å². The lowest BCUT2D eigenvalue weighted by atomic mass is 10.0. The second-order valence-electron chi connectivity index (χ2n) is 5.76. The zero-order valence-electron chi connectivity index (χ0n) is 12.9. The average molecular weight is 340 g/mol. The number of rotatable bonds is 3. The molecule has 1 aromatic carbocycles. The second-order valence-corrected chi connectivity index (χ2v) is 7.08. The first-order valence-corrected chi connectivity index (χ1v) is 8.45. The van der Waals surface area contributed by atoms with Crippen LogP contribution in [-0.4, -0.2) is 31.1 Å². The van der Waals surface area contributed by atoms with E-state index in [1.54, 1.807) is 23.5 Å². The highest BCUT2D eigenvalue weighted by Crippen LogP contribution is 2.35. The maximum absolute atomic E-state index is 12.8. The summed E-state index contributed by atoms with van der Waals surface area (Å²) in [6.45, 7) is 5.64. The summed E-state index contributed by atoms with van der Waals surface area (Å²) in [5.74, 6) is 0. The number of aryl methyl sites for hydroxylation is 1. The third-order valence-electron chi connectivity index (χ3n) is 4.10. The molecule has 1 N–H and O–H groups in total. The summed E-state index contributed by atoms with van der Waals surface area (Å²) in [4.78, 5) is 4.74. The first-order chi connectivity index (χ1) is 10.9. The van der Waals surface area contributed by atoms with E-state index in [1.807, 2.05) is 0 Å². The van der Waals surface area contributed by atoms with E-state index in [2.05, 4.69) is 29.3 Å². The van der Waals surface area contributed by atoms with Gasteiger partial charge < -0.3 is 5.32 Å². The molecule has 23 heavy (non-hydrogen) atoms. The van der Waals surface area contributed by atoms with Crippen LogP contribution in [0.15, 0.2) is 36.4 Å². The van der Waals surface area contributed by atoms with Crippen LogP contribution in [0.4, 0.5) is 13.2 Å². The van der Waals surface area contributed by atoms with Crippen molar-refractivity contribution < 1.29 is 13.2 Å². The number of nitrogens with one attached hydrogen (secondary N) is 1. The molecule has 1 aliphatic heterocycles. The van der Waals surface area contributed by atoms with Crippen molar-refractivity contribution in [2.24, 2.45) is 0 Å². The van der Waals surface area contributed by atoms with Crippen LogP contribution in [0.25, 0.3) is 0 Å². The Morgan fingerprint density at radius 1 is 1.04 bits per heavy atom. The minimum Gasteiger partial charge on any atom is -0.314 e. The predicted molar refractivity (Wildman–Crippen MR) is 86.8 cm³/mol. The molecular weight excluding hydrogens is 321 g/mol. The molecule has 1 saturated heterocycles. The van der Waals surface area contributed by atoms with Gasteiger partial charge in [0.05, 0.1) is 11.6 Å². The molecule has 124 valence electrons. The van der Waals surface area contributed by atoms with E-state index in [1.165, 1.54) is 21.9 Å². The molecule has 2 heterocycles. The topological polar surface area (TPSA) is 15.3 Å². The minimum absolute atomic E-state index is 0.0260. The molecule has 1 aliphatic rings. The number of hydrogen-bond acceptors (Lipinski definition) is 3. The maximum atomic E-state index is 12.8. The van der Waals surface area contributed by atoms with Crippen LogP contribution in [0.5, 0.6) is 0 Å². The molecule has 6 heteroatoms. The number of alkyl halides is 3. The molecule has 2 aromatic rings. The Balaban J connectivity index is 1.94. The zero-order chi connectivity index (χ0) is 16.4. The van der Waals surface area contributed by atoms with Gasteiger partial charge in [0.15, 0.2) is 0 Å². The number of nitrogens with zero attached hydrogens (tertiary/aromatic N) is 1. The summed E-state index contributed by atoms with van der Waals surface area (Å²) >= 11 is 1.71. The van der Waals surface area contributed by atoms with Gasteiger partial charge in [0, 0.05) is 35.9 Å². The van der Waals surface area contributed by atoms with E-state index in [-0.39, 0.29) is 6.04 Å². The molecule has 2 nitrogen and oxygen atoms in total. The molecule has 0 bridgehead atoms. The second kappa shape index (κ2) is 6.63. The number of halogens is 3. The fourth-order valence-electron chi connectivity index (χ4n) is 2.95. The lowest BCUT2D eigenvalue weighted by Crippen LogP contribution is -2.45. The molecule has 1 fully saturated rings. The van der Waals surface area contributed by atoms with Crippen LogP contribution in [0.1, 0.15) is 26.9 Å². The first-order valence-electron chi connectivity index (χ1n) is 7.63. The fourth-order valence-corrected chi connectivity index (χ4v) is 3.99. The van der Waals surface area contributed by atoms with Gasteiger partial charge in [0.25, 0.3) is 0 Å². The van der Waals surface area contributed by atoms with Crippen LogP contribution in [0.2, 0.25) is 0 Å². The van der Waals surface area contributed by atoms with Gasteiger partial charge >= 0.3 is 6.18 Å². The molecule has 0 radical (unpaired) electrons. The highest BCUT2D eigenvalue weighted by molar-refractivity contribution is 7.12. The van der Waals surface area contributed by atoms with Crippen molar-refractivity contribution in [2.75, 3.05) is 26.2 Å². The first kappa shape index (κ1) is 16.5. The van der Waals surface area contributed by atoms with E-state index < -0.39 is 11.7 Å². The van der Waals surface area contributed by atoms with Gasteiger partial charge in [-0.25, -0.2) is 0 Å². The normalized spacial score (nSPS) is 18.1. The monoisotopic (exact) mass is 340 g/mol. The van der Waals surface area contributed by atoms with E-state index >= 15 is 0 Å². The maximum Gasteiger partial charge on any atom is 0.416 e. The van der Waals surface area contributed by atoms with Crippen molar-refractivity contribution in [1.82, 2.24) is 10.2 Å². The summed E-state index contributed by atoms with van der Waals surface area (Å²) in [6, 6.07) is 9.78. The quantitative estimate of drug-likeness (QED) is 0.906. The number of thiophene rings is 1. The zero-order valence-corrected chi connectivity index (χ0v) is 13.7. The third-order valence-corrected chi connectivity index (χ3v) is 5.15. The predicted octanol–water partition coefficient (Wildman–Crippen LogP) is 4.07. The van der Waals surface area contributed by atoms with Gasteiger partial charge in [-0.15, -0.1) is 11.3 Å². The molecule has 0 aliphatic carbocycles. The van der Waals surface area contributed by atoms with Crippen molar-refractivity contribution in [1.29, 1.82) is 0 Å². The average Bonchev–Trinajstić information content (AvgIpc) is 2.94. The Hall–Kier alpha value is -1.37. The van der Waals surface area contributed by atoms with Gasteiger partial charge in [0.2, 0.25) is 0 Å². The van der Waals surface area contributed by atoms with Crippen LogP contribution < -0.4 is 5.32 Å². The minimum atomic E-state index is -4.29. The molecule has 1 aromatic heterocycles. The number of benzene rings is 1. The van der Waals surface area contributed by atoms with E-state index in [0.717, 1.165) is 31.7 Å². The van der Waals surface area contributed by atoms with Gasteiger partial charge in [-0.05, 0) is 36.8 Å². The van der Waals surface area contributed by atoms with E-state index in [4.69, 9.17) is 0 Å². The van der Waals surface area contributed by atoms with Crippen LogP contribution >= 0.6 is 11.3 Å². The summed E-state index contributed by atoms with van der Waals surface area (Å²) in [6.07, 6.45) is -4.29. The van der Waals surface area contributed by atoms with Crippen molar-refractivity contribution in [3.05, 3.63) is 57.3 Å². The summed E-state index contributed by atoms with van der Waals surface area (Å²) in [5, 5.41) is 3.32. The fraction of sp³-hybridized carbons (Fsp3) is 0.412. The molecule has 0 spiro atoms. The Morgan fingerprint density at radius 3 is 2.22 bits per heavy atom. The van der Waals surface area contributed by atoms with Gasteiger partial charge in [0.1, 0.15) is 0 Å². The SMILES string of the molecule is Cc1ccc(C(c2ccc(C(F)(F)F)cc2)N2CCNCC2)s1. The van der Waals surface area contributed by atoms with Gasteiger partial charge in [-0.2, -0.15) is 13.2 Å². The lowest BCUT2D eigenvalue weighted by Gasteiger charge is -2.35. The highest BCUT2D eigenvalue weighted by Gasteiger charge is 2.31. The molecule has 0 saturated carbocycles. The molecule has 3 rings (SSSR count). The van der Waals surface area contributed by atoms with Crippen LogP contribution in [-0.2, 0) is 6.18 Å². The highest BCUT2D eigenvalue weighted by atomic mass is 32.1. The largest absolute Gasteiger partial charge is 0.416 e. The molecule has 1 unspecified atom stereocenters. The van der Waals surface area contributed by atoms with E-state index in [9.17, 15) is 13.2 Å². The van der Waals surface area contributed by atoms with Crippen LogP contribution in [0.3, 0.4) is 0 Å². The Labute approximate surface area is 137 Å². The number of hydrogen-bond donors (Lipinski definition) is 1. The van der Waals surface area contributed by atoms with Gasteiger partial charge in [-0.1, -0.05) is 12.1 Å².